The van der Waals surface area contributed by atoms with Crippen LogP contribution in [0.15, 0.2) is 28.7 Å². The van der Waals surface area contributed by atoms with E-state index in [2.05, 4.69) is 5.10 Å². The molecule has 0 saturated carbocycles. The molecule has 2 fully saturated rings. The van der Waals surface area contributed by atoms with Gasteiger partial charge in [0.15, 0.2) is 0 Å². The molecule has 0 amide bonds. The second kappa shape index (κ2) is 6.12. The molecular weight excluding hydrogens is 366 g/mol. The van der Waals surface area contributed by atoms with Gasteiger partial charge in [-0.2, -0.15) is 9.40 Å². The summed E-state index contributed by atoms with van der Waals surface area (Å²) in [6.45, 7) is 2.05. The number of aromatic nitrogens is 2. The standard InChI is InChI=1S/C16H20ClN3O2S2/c1-2-15-5-6-16(23-15)24(21,22)20-12-3-4-13(20)8-14(7-12)19-10-11(17)9-18-19/h5-6,9-10,12-14H,2-4,7-8H2,1H3. The highest BCUT2D eigenvalue weighted by atomic mass is 35.5. The summed E-state index contributed by atoms with van der Waals surface area (Å²) in [5, 5.41) is 4.94. The molecule has 8 heteroatoms. The van der Waals surface area contributed by atoms with Crippen molar-refractivity contribution < 1.29 is 8.42 Å². The van der Waals surface area contributed by atoms with Gasteiger partial charge in [-0.05, 0) is 44.2 Å². The van der Waals surface area contributed by atoms with Crippen molar-refractivity contribution in [2.45, 2.75) is 61.4 Å². The molecule has 0 N–H and O–H groups in total. The number of hydrogen-bond acceptors (Lipinski definition) is 4. The van der Waals surface area contributed by atoms with E-state index < -0.39 is 10.0 Å². The molecule has 0 radical (unpaired) electrons. The quantitative estimate of drug-likeness (QED) is 0.805. The summed E-state index contributed by atoms with van der Waals surface area (Å²) < 4.78 is 30.4. The molecule has 130 valence electrons. The number of fused-ring (bicyclic) bond motifs is 2. The maximum atomic E-state index is 13.1. The molecule has 2 atom stereocenters. The Bertz CT molecular complexity index is 831. The summed E-state index contributed by atoms with van der Waals surface area (Å²) in [4.78, 5) is 1.11. The van der Waals surface area contributed by atoms with Gasteiger partial charge < -0.3 is 0 Å². The summed E-state index contributed by atoms with van der Waals surface area (Å²) in [6.07, 6.45) is 7.82. The Labute approximate surface area is 151 Å². The first-order chi connectivity index (χ1) is 11.5. The van der Waals surface area contributed by atoms with E-state index in [9.17, 15) is 8.42 Å². The van der Waals surface area contributed by atoms with Crippen molar-refractivity contribution in [2.75, 3.05) is 0 Å². The number of piperidine rings is 1. The van der Waals surface area contributed by atoms with E-state index in [4.69, 9.17) is 11.6 Å². The van der Waals surface area contributed by atoms with Crippen molar-refractivity contribution in [2.24, 2.45) is 0 Å². The topological polar surface area (TPSA) is 55.2 Å². The van der Waals surface area contributed by atoms with Crippen LogP contribution in [-0.2, 0) is 16.4 Å². The molecule has 2 unspecified atom stereocenters. The van der Waals surface area contributed by atoms with Gasteiger partial charge in [-0.15, -0.1) is 11.3 Å². The van der Waals surface area contributed by atoms with E-state index in [1.807, 2.05) is 23.9 Å². The Balaban J connectivity index is 1.60. The van der Waals surface area contributed by atoms with Crippen molar-refractivity contribution in [3.05, 3.63) is 34.4 Å². The van der Waals surface area contributed by atoms with Crippen LogP contribution < -0.4 is 0 Å². The third-order valence-corrected chi connectivity index (χ3v) is 9.00. The molecule has 2 aromatic heterocycles. The average Bonchev–Trinajstić information content (AvgIpc) is 3.26. The predicted molar refractivity (Wildman–Crippen MR) is 95.0 cm³/mol. The highest BCUT2D eigenvalue weighted by Crippen LogP contribution is 2.44. The second-order valence-corrected chi connectivity index (χ2v) is 10.2. The summed E-state index contributed by atoms with van der Waals surface area (Å²) in [5.41, 5.74) is 0. The molecule has 5 nitrogen and oxygen atoms in total. The van der Waals surface area contributed by atoms with Crippen LogP contribution in [0, 0.1) is 0 Å². The first-order valence-electron chi connectivity index (χ1n) is 8.31. The Morgan fingerprint density at radius 2 is 1.96 bits per heavy atom. The lowest BCUT2D eigenvalue weighted by Gasteiger charge is -2.37. The molecule has 2 aliphatic rings. The lowest BCUT2D eigenvalue weighted by Crippen LogP contribution is -2.46. The predicted octanol–water partition coefficient (Wildman–Crippen LogP) is 3.72. The minimum absolute atomic E-state index is 0.0638. The van der Waals surface area contributed by atoms with Crippen molar-refractivity contribution in [3.8, 4) is 0 Å². The Hall–Kier alpha value is -0.890. The highest BCUT2D eigenvalue weighted by molar-refractivity contribution is 7.91. The van der Waals surface area contributed by atoms with Crippen LogP contribution in [0.2, 0.25) is 5.02 Å². The van der Waals surface area contributed by atoms with E-state index in [-0.39, 0.29) is 18.1 Å². The zero-order valence-electron chi connectivity index (χ0n) is 13.4. The van der Waals surface area contributed by atoms with Gasteiger partial charge in [0.05, 0.1) is 17.3 Å². The van der Waals surface area contributed by atoms with Crippen molar-refractivity contribution in [3.63, 3.8) is 0 Å². The first-order valence-corrected chi connectivity index (χ1v) is 10.9. The van der Waals surface area contributed by atoms with E-state index >= 15 is 0 Å². The molecule has 0 spiro atoms. The number of halogens is 1. The molecule has 2 saturated heterocycles. The van der Waals surface area contributed by atoms with Gasteiger partial charge in [0.25, 0.3) is 10.0 Å². The summed E-state index contributed by atoms with van der Waals surface area (Å²) in [7, 11) is -3.39. The number of aryl methyl sites for hydroxylation is 1. The minimum atomic E-state index is -3.39. The lowest BCUT2D eigenvalue weighted by molar-refractivity contribution is 0.185. The molecule has 0 aliphatic carbocycles. The van der Waals surface area contributed by atoms with Crippen molar-refractivity contribution >= 4 is 33.0 Å². The van der Waals surface area contributed by atoms with E-state index in [0.29, 0.717) is 9.23 Å². The summed E-state index contributed by atoms with van der Waals surface area (Å²) in [6, 6.07) is 4.05. The molecule has 4 rings (SSSR count). The minimum Gasteiger partial charge on any atom is -0.268 e. The second-order valence-electron chi connectivity index (χ2n) is 6.56. The molecular formula is C16H20ClN3O2S2. The van der Waals surface area contributed by atoms with Crippen LogP contribution in [0.1, 0.15) is 43.5 Å². The third kappa shape index (κ3) is 2.71. The fraction of sp³-hybridized carbons (Fsp3) is 0.562. The Morgan fingerprint density at radius 1 is 1.25 bits per heavy atom. The van der Waals surface area contributed by atoms with Gasteiger partial charge in [-0.3, -0.25) is 4.68 Å². The smallest absolute Gasteiger partial charge is 0.253 e. The van der Waals surface area contributed by atoms with Crippen molar-refractivity contribution in [1.82, 2.24) is 14.1 Å². The number of rotatable bonds is 4. The zero-order valence-corrected chi connectivity index (χ0v) is 15.8. The number of sulfonamides is 1. The van der Waals surface area contributed by atoms with Gasteiger partial charge in [-0.25, -0.2) is 8.42 Å². The maximum Gasteiger partial charge on any atom is 0.253 e. The molecule has 0 aromatic carbocycles. The number of nitrogens with zero attached hydrogens (tertiary/aromatic N) is 3. The molecule has 2 aliphatic heterocycles. The number of thiophene rings is 1. The van der Waals surface area contributed by atoms with Crippen LogP contribution in [-0.4, -0.2) is 34.6 Å². The molecule has 2 bridgehead atoms. The number of hydrogen-bond donors (Lipinski definition) is 0. The van der Waals surface area contributed by atoms with Crippen LogP contribution in [0.5, 0.6) is 0 Å². The summed E-state index contributed by atoms with van der Waals surface area (Å²) >= 11 is 7.38. The van der Waals surface area contributed by atoms with E-state index in [1.165, 1.54) is 11.3 Å². The van der Waals surface area contributed by atoms with Gasteiger partial charge in [-0.1, -0.05) is 18.5 Å². The highest BCUT2D eigenvalue weighted by Gasteiger charge is 2.48. The van der Waals surface area contributed by atoms with Crippen LogP contribution in [0.4, 0.5) is 0 Å². The largest absolute Gasteiger partial charge is 0.268 e. The van der Waals surface area contributed by atoms with Crippen LogP contribution in [0.3, 0.4) is 0 Å². The first kappa shape index (κ1) is 16.6. The third-order valence-electron chi connectivity index (χ3n) is 5.10. The average molecular weight is 386 g/mol. The zero-order chi connectivity index (χ0) is 16.9. The van der Waals surface area contributed by atoms with Gasteiger partial charge in [0.2, 0.25) is 0 Å². The molecule has 2 aromatic rings. The van der Waals surface area contributed by atoms with Gasteiger partial charge in [0.1, 0.15) is 4.21 Å². The maximum absolute atomic E-state index is 13.1. The lowest BCUT2D eigenvalue weighted by atomic mass is 10.00. The van der Waals surface area contributed by atoms with Crippen molar-refractivity contribution in [1.29, 1.82) is 0 Å². The molecule has 24 heavy (non-hydrogen) atoms. The van der Waals surface area contributed by atoms with Gasteiger partial charge in [0, 0.05) is 23.2 Å². The van der Waals surface area contributed by atoms with Crippen LogP contribution in [0.25, 0.3) is 0 Å². The van der Waals surface area contributed by atoms with Crippen LogP contribution >= 0.6 is 22.9 Å². The monoisotopic (exact) mass is 385 g/mol. The summed E-state index contributed by atoms with van der Waals surface area (Å²) in [5.74, 6) is 0. The fourth-order valence-electron chi connectivity index (χ4n) is 4.02. The van der Waals surface area contributed by atoms with E-state index in [1.54, 1.807) is 16.6 Å². The Kier molecular flexibility index (Phi) is 4.23. The normalized spacial score (nSPS) is 27.7. The fourth-order valence-corrected chi connectivity index (χ4v) is 7.45. The van der Waals surface area contributed by atoms with Gasteiger partial charge >= 0.3 is 0 Å². The Morgan fingerprint density at radius 3 is 2.50 bits per heavy atom. The SMILES string of the molecule is CCc1ccc(S(=O)(=O)N2C3CCC2CC(n2cc(Cl)cn2)C3)s1. The molecule has 4 heterocycles. The van der Waals surface area contributed by atoms with E-state index in [0.717, 1.165) is 37.0 Å².